The maximum Gasteiger partial charge on any atom is 0.257 e. The Morgan fingerprint density at radius 1 is 1.11 bits per heavy atom. The van der Waals surface area contributed by atoms with Crippen LogP contribution in [0.3, 0.4) is 0 Å². The van der Waals surface area contributed by atoms with Crippen LogP contribution in [0, 0.1) is 6.92 Å². The summed E-state index contributed by atoms with van der Waals surface area (Å²) in [6.45, 7) is 2.24. The summed E-state index contributed by atoms with van der Waals surface area (Å²) in [6, 6.07) is 17.5. The SMILES string of the molecule is Cc1ccc(N=c2oc3cc(O)ccc3cc2C(=O)NCc2ccco2)cc1. The lowest BCUT2D eigenvalue weighted by Crippen LogP contribution is -2.28. The number of hydrogen-bond acceptors (Lipinski definition) is 5. The highest BCUT2D eigenvalue weighted by Crippen LogP contribution is 2.20. The molecule has 0 spiro atoms. The number of carbonyl (C=O) groups is 1. The lowest BCUT2D eigenvalue weighted by Gasteiger charge is -2.06. The first-order chi connectivity index (χ1) is 13.6. The molecule has 2 heterocycles. The number of nitrogens with one attached hydrogen (secondary N) is 1. The zero-order valence-corrected chi connectivity index (χ0v) is 15.2. The molecule has 4 rings (SSSR count). The molecule has 6 nitrogen and oxygen atoms in total. The molecule has 28 heavy (non-hydrogen) atoms. The van der Waals surface area contributed by atoms with Crippen LogP contribution in [0.2, 0.25) is 0 Å². The van der Waals surface area contributed by atoms with Gasteiger partial charge in [-0.2, -0.15) is 0 Å². The normalized spacial score (nSPS) is 11.7. The van der Waals surface area contributed by atoms with Crippen LogP contribution >= 0.6 is 0 Å². The third kappa shape index (κ3) is 3.81. The van der Waals surface area contributed by atoms with Crippen LogP contribution in [0.5, 0.6) is 5.75 Å². The molecule has 2 aromatic heterocycles. The van der Waals surface area contributed by atoms with Crippen molar-refractivity contribution in [2.24, 2.45) is 4.99 Å². The van der Waals surface area contributed by atoms with Crippen molar-refractivity contribution in [1.29, 1.82) is 0 Å². The van der Waals surface area contributed by atoms with Crippen LogP contribution in [0.4, 0.5) is 5.69 Å². The number of fused-ring (bicyclic) bond motifs is 1. The Kier molecular flexibility index (Phi) is 4.68. The Morgan fingerprint density at radius 3 is 2.68 bits per heavy atom. The molecule has 6 heteroatoms. The van der Waals surface area contributed by atoms with Crippen LogP contribution < -0.4 is 10.9 Å². The van der Waals surface area contributed by atoms with E-state index in [0.29, 0.717) is 28.0 Å². The molecule has 2 aromatic carbocycles. The Hall–Kier alpha value is -3.80. The molecule has 0 aliphatic rings. The molecule has 2 N–H and O–H groups in total. The number of aryl methyl sites for hydroxylation is 1. The Bertz CT molecular complexity index is 1190. The maximum absolute atomic E-state index is 12.8. The third-order valence-corrected chi connectivity index (χ3v) is 4.25. The first kappa shape index (κ1) is 17.6. The largest absolute Gasteiger partial charge is 0.508 e. The van der Waals surface area contributed by atoms with Gasteiger partial charge in [-0.3, -0.25) is 4.79 Å². The lowest BCUT2D eigenvalue weighted by molar-refractivity contribution is 0.0944. The monoisotopic (exact) mass is 374 g/mol. The number of aromatic hydroxyl groups is 1. The van der Waals surface area contributed by atoms with Crippen molar-refractivity contribution in [2.75, 3.05) is 0 Å². The topological polar surface area (TPSA) is 88.0 Å². The van der Waals surface area contributed by atoms with Crippen molar-refractivity contribution in [1.82, 2.24) is 5.32 Å². The van der Waals surface area contributed by atoms with Gasteiger partial charge in [0, 0.05) is 11.5 Å². The number of nitrogens with zero attached hydrogens (tertiary/aromatic N) is 1. The molecule has 0 unspecified atom stereocenters. The number of amides is 1. The smallest absolute Gasteiger partial charge is 0.257 e. The minimum atomic E-state index is -0.332. The molecule has 0 saturated carbocycles. The first-order valence-corrected chi connectivity index (χ1v) is 8.77. The summed E-state index contributed by atoms with van der Waals surface area (Å²) in [5.41, 5.74) is 2.67. The Morgan fingerprint density at radius 2 is 1.93 bits per heavy atom. The van der Waals surface area contributed by atoms with E-state index in [9.17, 15) is 9.90 Å². The zero-order chi connectivity index (χ0) is 19.5. The first-order valence-electron chi connectivity index (χ1n) is 8.77. The van der Waals surface area contributed by atoms with Gasteiger partial charge >= 0.3 is 0 Å². The van der Waals surface area contributed by atoms with Gasteiger partial charge < -0.3 is 19.3 Å². The van der Waals surface area contributed by atoms with E-state index in [0.717, 1.165) is 5.56 Å². The van der Waals surface area contributed by atoms with Crippen molar-refractivity contribution < 1.29 is 18.7 Å². The van der Waals surface area contributed by atoms with Crippen molar-refractivity contribution in [3.63, 3.8) is 0 Å². The molecule has 0 fully saturated rings. The van der Waals surface area contributed by atoms with E-state index in [1.165, 1.54) is 6.07 Å². The van der Waals surface area contributed by atoms with E-state index in [-0.39, 0.29) is 23.8 Å². The van der Waals surface area contributed by atoms with E-state index in [2.05, 4.69) is 10.3 Å². The number of phenols is 1. The van der Waals surface area contributed by atoms with Gasteiger partial charge in [-0.25, -0.2) is 4.99 Å². The highest BCUT2D eigenvalue weighted by atomic mass is 16.3. The van der Waals surface area contributed by atoms with E-state index in [1.807, 2.05) is 31.2 Å². The number of hydrogen-bond donors (Lipinski definition) is 2. The number of benzene rings is 2. The van der Waals surface area contributed by atoms with Gasteiger partial charge in [0.2, 0.25) is 5.55 Å². The molecule has 0 saturated heterocycles. The summed E-state index contributed by atoms with van der Waals surface area (Å²) in [5.74, 6) is 0.390. The number of furan rings is 1. The molecule has 0 aliphatic carbocycles. The summed E-state index contributed by atoms with van der Waals surface area (Å²) < 4.78 is 11.1. The molecule has 0 radical (unpaired) electrons. The number of rotatable bonds is 4. The molecule has 140 valence electrons. The summed E-state index contributed by atoms with van der Waals surface area (Å²) >= 11 is 0. The van der Waals surface area contributed by atoms with Crippen molar-refractivity contribution in [2.45, 2.75) is 13.5 Å². The molecule has 1 amide bonds. The van der Waals surface area contributed by atoms with Gasteiger partial charge in [-0.1, -0.05) is 17.7 Å². The summed E-state index contributed by atoms with van der Waals surface area (Å²) in [6.07, 6.45) is 1.55. The van der Waals surface area contributed by atoms with Crippen LogP contribution in [0.1, 0.15) is 21.7 Å². The fourth-order valence-corrected chi connectivity index (χ4v) is 2.77. The standard InChI is InChI=1S/C22H18N2O4/c1-14-4-7-16(8-5-14)24-22-19(21(26)23-13-18-3-2-10-27-18)11-15-6-9-17(25)12-20(15)28-22/h2-12,25H,13H2,1H3,(H,23,26). The van der Waals surface area contributed by atoms with Crippen LogP contribution in [-0.4, -0.2) is 11.0 Å². The second-order valence-corrected chi connectivity index (χ2v) is 6.40. The third-order valence-electron chi connectivity index (χ3n) is 4.25. The number of carbonyl (C=O) groups excluding carboxylic acids is 1. The minimum Gasteiger partial charge on any atom is -0.508 e. The average Bonchev–Trinajstić information content (AvgIpc) is 3.21. The summed E-state index contributed by atoms with van der Waals surface area (Å²) in [7, 11) is 0. The summed E-state index contributed by atoms with van der Waals surface area (Å²) in [5, 5.41) is 13.2. The van der Waals surface area contributed by atoms with Crippen molar-refractivity contribution in [3.05, 3.63) is 89.4 Å². The van der Waals surface area contributed by atoms with Crippen molar-refractivity contribution in [3.8, 4) is 5.75 Å². The van der Waals surface area contributed by atoms with Crippen molar-refractivity contribution >= 4 is 22.6 Å². The van der Waals surface area contributed by atoms with Gasteiger partial charge in [0.25, 0.3) is 5.91 Å². The second-order valence-electron chi connectivity index (χ2n) is 6.40. The van der Waals surface area contributed by atoms with Gasteiger partial charge in [-0.15, -0.1) is 0 Å². The summed E-state index contributed by atoms with van der Waals surface area (Å²) in [4.78, 5) is 17.3. The molecule has 4 aromatic rings. The average molecular weight is 374 g/mol. The quantitative estimate of drug-likeness (QED) is 0.560. The lowest BCUT2D eigenvalue weighted by atomic mass is 10.1. The van der Waals surface area contributed by atoms with Gasteiger partial charge in [0.05, 0.1) is 18.5 Å². The number of phenolic OH excluding ortho intramolecular Hbond substituents is 1. The fraction of sp³-hybridized carbons (Fsp3) is 0.0909. The van der Waals surface area contributed by atoms with E-state index in [1.54, 1.807) is 36.6 Å². The second kappa shape index (κ2) is 7.44. The molecule has 0 bridgehead atoms. The zero-order valence-electron chi connectivity index (χ0n) is 15.2. The maximum atomic E-state index is 12.8. The predicted octanol–water partition coefficient (Wildman–Crippen LogP) is 4.20. The van der Waals surface area contributed by atoms with E-state index < -0.39 is 0 Å². The van der Waals surface area contributed by atoms with Crippen LogP contribution in [0.15, 0.2) is 80.8 Å². The Labute approximate surface area is 160 Å². The van der Waals surface area contributed by atoms with Gasteiger partial charge in [-0.05, 0) is 49.4 Å². The molecular formula is C22H18N2O4. The van der Waals surface area contributed by atoms with Crippen LogP contribution in [0.25, 0.3) is 11.0 Å². The van der Waals surface area contributed by atoms with Crippen LogP contribution in [-0.2, 0) is 6.54 Å². The highest BCUT2D eigenvalue weighted by Gasteiger charge is 2.13. The molecular weight excluding hydrogens is 356 g/mol. The molecule has 0 aliphatic heterocycles. The highest BCUT2D eigenvalue weighted by molar-refractivity contribution is 5.96. The Balaban J connectivity index is 1.79. The predicted molar refractivity (Wildman–Crippen MR) is 104 cm³/mol. The minimum absolute atomic E-state index is 0.0764. The molecule has 0 atom stereocenters. The van der Waals surface area contributed by atoms with Gasteiger partial charge in [0.15, 0.2) is 0 Å². The van der Waals surface area contributed by atoms with E-state index >= 15 is 0 Å². The fourth-order valence-electron chi connectivity index (χ4n) is 2.77. The van der Waals surface area contributed by atoms with E-state index in [4.69, 9.17) is 8.83 Å². The van der Waals surface area contributed by atoms with Gasteiger partial charge in [0.1, 0.15) is 22.7 Å².